The number of aromatic nitrogens is 4. The van der Waals surface area contributed by atoms with Crippen molar-refractivity contribution in [2.75, 3.05) is 17.7 Å². The van der Waals surface area contributed by atoms with Gasteiger partial charge in [0.2, 0.25) is 5.95 Å². The quantitative estimate of drug-likeness (QED) is 0.274. The summed E-state index contributed by atoms with van der Waals surface area (Å²) in [5.41, 5.74) is 4.35. The van der Waals surface area contributed by atoms with Crippen molar-refractivity contribution < 1.29 is 14.3 Å². The summed E-state index contributed by atoms with van der Waals surface area (Å²) in [7, 11) is 1.56. The van der Waals surface area contributed by atoms with E-state index in [2.05, 4.69) is 42.1 Å². The van der Waals surface area contributed by atoms with Crippen LogP contribution in [0.5, 0.6) is 11.5 Å². The zero-order valence-corrected chi connectivity index (χ0v) is 23.2. The molecule has 0 spiro atoms. The number of carbonyl (C=O) groups excluding carboxylic acids is 1. The van der Waals surface area contributed by atoms with E-state index in [4.69, 9.17) is 21.1 Å². The molecule has 0 fully saturated rings. The summed E-state index contributed by atoms with van der Waals surface area (Å²) in [4.78, 5) is 13.7. The highest BCUT2D eigenvalue weighted by atomic mass is 79.9. The number of para-hydroxylation sites is 1. The van der Waals surface area contributed by atoms with Crippen LogP contribution in [0.15, 0.2) is 76.4 Å². The van der Waals surface area contributed by atoms with Crippen LogP contribution in [-0.2, 0) is 11.4 Å². The number of nitrogens with one attached hydrogen (secondary N) is 2. The van der Waals surface area contributed by atoms with E-state index in [1.807, 2.05) is 74.5 Å². The maximum atomic E-state index is 13.7. The first-order chi connectivity index (χ1) is 18.4. The van der Waals surface area contributed by atoms with Crippen LogP contribution in [-0.4, -0.2) is 33.2 Å². The van der Waals surface area contributed by atoms with Crippen LogP contribution < -0.4 is 20.1 Å². The molecule has 1 unspecified atom stereocenters. The molecular weight excluding hydrogens is 572 g/mol. The van der Waals surface area contributed by atoms with Crippen molar-refractivity contribution in [3.05, 3.63) is 98.1 Å². The molecule has 4 aromatic rings. The number of anilines is 2. The number of benzene rings is 3. The fraction of sp³-hybridized carbons (Fsp3) is 0.185. The van der Waals surface area contributed by atoms with E-state index in [0.717, 1.165) is 22.4 Å². The number of fused-ring (bicyclic) bond motifs is 1. The maximum Gasteiger partial charge on any atom is 0.255 e. The molecule has 0 aliphatic carbocycles. The highest BCUT2D eigenvalue weighted by Crippen LogP contribution is 2.43. The molecule has 1 aliphatic heterocycles. The number of nitrogens with zero attached hydrogens (tertiary/aromatic N) is 4. The van der Waals surface area contributed by atoms with E-state index in [9.17, 15) is 4.79 Å². The Labute approximate surface area is 232 Å². The van der Waals surface area contributed by atoms with Crippen molar-refractivity contribution in [2.24, 2.45) is 0 Å². The lowest BCUT2D eigenvalue weighted by Crippen LogP contribution is -2.31. The van der Waals surface area contributed by atoms with Gasteiger partial charge in [0.15, 0.2) is 11.5 Å². The van der Waals surface area contributed by atoms with Crippen molar-refractivity contribution in [3.8, 4) is 11.5 Å². The molecular formula is C27H24BrClN6O3. The number of allylic oxidation sites excluding steroid dienone is 1. The lowest BCUT2D eigenvalue weighted by atomic mass is 9.94. The SMILES string of the molecule is COc1cc(C2C(C(=O)Nc3ccccc3C)=C(C)Nc3nnnn32)cc(Br)c1OCc1ccccc1Cl. The summed E-state index contributed by atoms with van der Waals surface area (Å²) >= 11 is 9.93. The number of methoxy groups -OCH3 is 1. The van der Waals surface area contributed by atoms with E-state index < -0.39 is 6.04 Å². The summed E-state index contributed by atoms with van der Waals surface area (Å²) in [6.07, 6.45) is 0. The van der Waals surface area contributed by atoms with Crippen molar-refractivity contribution in [1.82, 2.24) is 20.2 Å². The molecule has 2 heterocycles. The van der Waals surface area contributed by atoms with Gasteiger partial charge in [-0.25, -0.2) is 0 Å². The van der Waals surface area contributed by atoms with Crippen LogP contribution in [0.25, 0.3) is 0 Å². The van der Waals surface area contributed by atoms with Gasteiger partial charge in [-0.2, -0.15) is 4.68 Å². The van der Waals surface area contributed by atoms with Gasteiger partial charge >= 0.3 is 0 Å². The highest BCUT2D eigenvalue weighted by molar-refractivity contribution is 9.10. The molecule has 1 aliphatic rings. The van der Waals surface area contributed by atoms with Crippen molar-refractivity contribution in [1.29, 1.82) is 0 Å². The van der Waals surface area contributed by atoms with Gasteiger partial charge in [0.25, 0.3) is 5.91 Å². The average molecular weight is 596 g/mol. The van der Waals surface area contributed by atoms with Gasteiger partial charge in [-0.3, -0.25) is 4.79 Å². The number of ether oxygens (including phenoxy) is 2. The molecule has 11 heteroatoms. The predicted molar refractivity (Wildman–Crippen MR) is 149 cm³/mol. The molecule has 38 heavy (non-hydrogen) atoms. The molecule has 0 saturated heterocycles. The average Bonchev–Trinajstić information content (AvgIpc) is 3.37. The molecule has 0 bridgehead atoms. The third kappa shape index (κ3) is 4.97. The smallest absolute Gasteiger partial charge is 0.255 e. The van der Waals surface area contributed by atoms with Gasteiger partial charge in [0.1, 0.15) is 12.6 Å². The Hall–Kier alpha value is -3.89. The molecule has 1 atom stereocenters. The molecule has 5 rings (SSSR count). The minimum absolute atomic E-state index is 0.252. The van der Waals surface area contributed by atoms with Crippen LogP contribution in [0.3, 0.4) is 0 Å². The van der Waals surface area contributed by atoms with Gasteiger partial charge in [-0.15, -0.1) is 0 Å². The molecule has 9 nitrogen and oxygen atoms in total. The van der Waals surface area contributed by atoms with Crippen LogP contribution in [0.4, 0.5) is 11.6 Å². The van der Waals surface area contributed by atoms with Crippen molar-refractivity contribution in [3.63, 3.8) is 0 Å². The normalized spacial score (nSPS) is 14.5. The minimum atomic E-state index is -0.631. The Kier molecular flexibility index (Phi) is 7.35. The van der Waals surface area contributed by atoms with Gasteiger partial charge in [-0.05, 0) is 75.6 Å². The molecule has 0 saturated carbocycles. The Morgan fingerprint density at radius 1 is 1.16 bits per heavy atom. The van der Waals surface area contributed by atoms with Gasteiger partial charge in [0.05, 0.1) is 17.2 Å². The zero-order valence-electron chi connectivity index (χ0n) is 20.8. The molecule has 1 aromatic heterocycles. The van der Waals surface area contributed by atoms with Crippen LogP contribution in [0.2, 0.25) is 5.02 Å². The second-order valence-electron chi connectivity index (χ2n) is 8.70. The molecule has 2 N–H and O–H groups in total. The summed E-state index contributed by atoms with van der Waals surface area (Å²) in [6.45, 7) is 4.02. The number of rotatable bonds is 7. The summed E-state index contributed by atoms with van der Waals surface area (Å²) in [5.74, 6) is 1.14. The third-order valence-electron chi connectivity index (χ3n) is 6.25. The number of carbonyl (C=O) groups is 1. The summed E-state index contributed by atoms with van der Waals surface area (Å²) in [5, 5.41) is 18.9. The first-order valence-electron chi connectivity index (χ1n) is 11.7. The number of hydrogen-bond donors (Lipinski definition) is 2. The lowest BCUT2D eigenvalue weighted by Gasteiger charge is -2.28. The highest BCUT2D eigenvalue weighted by Gasteiger charge is 2.35. The Balaban J connectivity index is 1.53. The number of hydrogen-bond acceptors (Lipinski definition) is 7. The van der Waals surface area contributed by atoms with Crippen molar-refractivity contribution in [2.45, 2.75) is 26.5 Å². The van der Waals surface area contributed by atoms with Gasteiger partial charge < -0.3 is 20.1 Å². The first-order valence-corrected chi connectivity index (χ1v) is 12.9. The minimum Gasteiger partial charge on any atom is -0.493 e. The number of amides is 1. The molecule has 0 radical (unpaired) electrons. The van der Waals surface area contributed by atoms with E-state index in [-0.39, 0.29) is 12.5 Å². The monoisotopic (exact) mass is 594 g/mol. The number of halogens is 2. The second-order valence-corrected chi connectivity index (χ2v) is 9.96. The van der Waals surface area contributed by atoms with Crippen LogP contribution >= 0.6 is 27.5 Å². The second kappa shape index (κ2) is 10.8. The third-order valence-corrected chi connectivity index (χ3v) is 7.21. The van der Waals surface area contributed by atoms with E-state index in [1.54, 1.807) is 11.8 Å². The Morgan fingerprint density at radius 2 is 1.92 bits per heavy atom. The lowest BCUT2D eigenvalue weighted by molar-refractivity contribution is -0.113. The predicted octanol–water partition coefficient (Wildman–Crippen LogP) is 5.91. The van der Waals surface area contributed by atoms with E-state index >= 15 is 0 Å². The summed E-state index contributed by atoms with van der Waals surface area (Å²) < 4.78 is 14.0. The molecule has 1 amide bonds. The topological polar surface area (TPSA) is 103 Å². The Morgan fingerprint density at radius 3 is 2.68 bits per heavy atom. The fourth-order valence-electron chi connectivity index (χ4n) is 4.32. The van der Waals surface area contributed by atoms with Crippen LogP contribution in [0, 0.1) is 6.92 Å². The molecule has 194 valence electrons. The first kappa shape index (κ1) is 25.7. The fourth-order valence-corrected chi connectivity index (χ4v) is 5.08. The zero-order chi connectivity index (χ0) is 26.8. The summed E-state index contributed by atoms with van der Waals surface area (Å²) in [6, 6.07) is 18.2. The van der Waals surface area contributed by atoms with E-state index in [0.29, 0.717) is 38.2 Å². The molecule has 3 aromatic carbocycles. The van der Waals surface area contributed by atoms with Gasteiger partial charge in [-0.1, -0.05) is 53.1 Å². The largest absolute Gasteiger partial charge is 0.493 e. The van der Waals surface area contributed by atoms with Gasteiger partial charge in [0, 0.05) is 22.0 Å². The number of aryl methyl sites for hydroxylation is 1. The maximum absolute atomic E-state index is 13.7. The van der Waals surface area contributed by atoms with E-state index in [1.165, 1.54) is 0 Å². The number of tetrazole rings is 1. The van der Waals surface area contributed by atoms with Crippen molar-refractivity contribution >= 4 is 45.1 Å². The standard InChI is InChI=1S/C27H24BrClN6O3/c1-15-8-4-7-11-21(15)31-26(36)23-16(2)30-27-32-33-34-35(27)24(23)18-12-19(28)25(22(13-18)37-3)38-14-17-9-5-6-10-20(17)29/h4-13,24H,14H2,1-3H3,(H,31,36)(H,30,32,34). The van der Waals surface area contributed by atoms with Crippen LogP contribution in [0.1, 0.15) is 29.7 Å². The Bertz CT molecular complexity index is 1550.